The smallest absolute Gasteiger partial charge is 0.237 e. The summed E-state index contributed by atoms with van der Waals surface area (Å²) < 4.78 is 0. The van der Waals surface area contributed by atoms with Crippen molar-refractivity contribution >= 4 is 29.1 Å². The number of rotatable bonds is 7. The molecular formula is C25H32Cl2N2O2. The molecule has 168 valence electrons. The van der Waals surface area contributed by atoms with Crippen molar-refractivity contribution in [2.45, 2.75) is 51.3 Å². The number of likely N-dealkylation sites (tertiary alicyclic amines) is 1. The second kappa shape index (κ2) is 9.91. The number of aliphatic hydroxyl groups is 1. The fraction of sp³-hybridized carbons (Fsp3) is 0.480. The van der Waals surface area contributed by atoms with E-state index in [4.69, 9.17) is 23.2 Å². The Morgan fingerprint density at radius 1 is 1.10 bits per heavy atom. The standard InChI is InChI=1S/C25H32Cl2N2O2/c1-17(2)22(29-15-5-6-23(29)30)16-28(4)24(31)25(3,18-7-11-20(26)12-8-18)19-9-13-21(27)14-10-19/h7-14,17,22-23,30H,5-6,15-16H2,1-4H3. The maximum Gasteiger partial charge on any atom is 0.237 e. The fourth-order valence-electron chi connectivity index (χ4n) is 4.58. The first-order valence-electron chi connectivity index (χ1n) is 10.9. The molecule has 1 N–H and O–H groups in total. The van der Waals surface area contributed by atoms with E-state index < -0.39 is 11.6 Å². The molecule has 2 aromatic rings. The van der Waals surface area contributed by atoms with Gasteiger partial charge in [0.25, 0.3) is 0 Å². The van der Waals surface area contributed by atoms with Gasteiger partial charge in [-0.15, -0.1) is 0 Å². The van der Waals surface area contributed by atoms with Crippen LogP contribution in [-0.2, 0) is 10.2 Å². The minimum absolute atomic E-state index is 0.00326. The monoisotopic (exact) mass is 462 g/mol. The first kappa shape index (κ1) is 24.1. The average molecular weight is 463 g/mol. The predicted octanol–water partition coefficient (Wildman–Crippen LogP) is 5.20. The molecule has 0 spiro atoms. The number of benzene rings is 2. The molecule has 1 saturated heterocycles. The van der Waals surface area contributed by atoms with Gasteiger partial charge in [-0.25, -0.2) is 0 Å². The molecule has 1 amide bonds. The van der Waals surface area contributed by atoms with Crippen LogP contribution in [0, 0.1) is 5.92 Å². The van der Waals surface area contributed by atoms with Crippen LogP contribution in [0.1, 0.15) is 44.7 Å². The van der Waals surface area contributed by atoms with Crippen LogP contribution in [0.25, 0.3) is 0 Å². The Bertz CT molecular complexity index is 838. The molecule has 2 atom stereocenters. The third-order valence-corrected chi connectivity index (χ3v) is 7.04. The molecule has 1 aliphatic heterocycles. The van der Waals surface area contributed by atoms with E-state index in [9.17, 15) is 9.90 Å². The van der Waals surface area contributed by atoms with Gasteiger partial charge in [-0.05, 0) is 61.1 Å². The zero-order valence-electron chi connectivity index (χ0n) is 18.7. The van der Waals surface area contributed by atoms with E-state index in [1.807, 2.05) is 62.5 Å². The van der Waals surface area contributed by atoms with Gasteiger partial charge in [0.05, 0.1) is 5.41 Å². The summed E-state index contributed by atoms with van der Waals surface area (Å²) in [5.74, 6) is 0.303. The number of carbonyl (C=O) groups is 1. The number of halogens is 2. The van der Waals surface area contributed by atoms with Crippen LogP contribution in [0.4, 0.5) is 0 Å². The lowest BCUT2D eigenvalue weighted by Gasteiger charge is -2.39. The third kappa shape index (κ3) is 5.09. The number of amides is 1. The predicted molar refractivity (Wildman–Crippen MR) is 128 cm³/mol. The van der Waals surface area contributed by atoms with Crippen molar-refractivity contribution < 1.29 is 9.90 Å². The Morgan fingerprint density at radius 3 is 1.97 bits per heavy atom. The zero-order valence-corrected chi connectivity index (χ0v) is 20.2. The van der Waals surface area contributed by atoms with Gasteiger partial charge in [0, 0.05) is 36.2 Å². The van der Waals surface area contributed by atoms with Gasteiger partial charge in [0.1, 0.15) is 6.23 Å². The van der Waals surface area contributed by atoms with Crippen molar-refractivity contribution in [3.63, 3.8) is 0 Å². The second-order valence-corrected chi connectivity index (χ2v) is 9.87. The van der Waals surface area contributed by atoms with Crippen LogP contribution >= 0.6 is 23.2 Å². The van der Waals surface area contributed by atoms with E-state index in [0.29, 0.717) is 22.5 Å². The Hall–Kier alpha value is -1.59. The minimum atomic E-state index is -0.894. The van der Waals surface area contributed by atoms with E-state index in [2.05, 4.69) is 18.7 Å². The van der Waals surface area contributed by atoms with Crippen molar-refractivity contribution in [3.8, 4) is 0 Å². The largest absolute Gasteiger partial charge is 0.378 e. The SMILES string of the molecule is CC(C)C(CN(C)C(=O)C(C)(c1ccc(Cl)cc1)c1ccc(Cl)cc1)N1CCCC1O. The molecule has 1 fully saturated rings. The molecule has 1 aliphatic rings. The molecule has 2 unspecified atom stereocenters. The van der Waals surface area contributed by atoms with Gasteiger partial charge >= 0.3 is 0 Å². The van der Waals surface area contributed by atoms with Crippen molar-refractivity contribution in [2.75, 3.05) is 20.1 Å². The van der Waals surface area contributed by atoms with E-state index in [0.717, 1.165) is 30.5 Å². The van der Waals surface area contributed by atoms with Crippen LogP contribution < -0.4 is 0 Å². The number of aliphatic hydroxyl groups excluding tert-OH is 1. The van der Waals surface area contributed by atoms with Crippen LogP contribution in [0.5, 0.6) is 0 Å². The number of nitrogens with zero attached hydrogens (tertiary/aromatic N) is 2. The lowest BCUT2D eigenvalue weighted by molar-refractivity contribution is -0.135. The Balaban J connectivity index is 1.95. The van der Waals surface area contributed by atoms with Gasteiger partial charge < -0.3 is 10.0 Å². The van der Waals surface area contributed by atoms with Crippen LogP contribution in [-0.4, -0.2) is 53.2 Å². The van der Waals surface area contributed by atoms with Gasteiger partial charge in [-0.2, -0.15) is 0 Å². The number of likely N-dealkylation sites (N-methyl/N-ethyl adjacent to an activating group) is 1. The van der Waals surface area contributed by atoms with Crippen LogP contribution in [0.2, 0.25) is 10.0 Å². The highest BCUT2D eigenvalue weighted by atomic mass is 35.5. The first-order valence-corrected chi connectivity index (χ1v) is 11.6. The minimum Gasteiger partial charge on any atom is -0.378 e. The summed E-state index contributed by atoms with van der Waals surface area (Å²) in [6.45, 7) is 7.65. The zero-order chi connectivity index (χ0) is 22.8. The summed E-state index contributed by atoms with van der Waals surface area (Å²) in [7, 11) is 1.85. The molecule has 0 radical (unpaired) electrons. The van der Waals surface area contributed by atoms with Gasteiger partial charge in [0.15, 0.2) is 0 Å². The van der Waals surface area contributed by atoms with Gasteiger partial charge in [0.2, 0.25) is 5.91 Å². The fourth-order valence-corrected chi connectivity index (χ4v) is 4.83. The molecule has 0 aromatic heterocycles. The number of carbonyl (C=O) groups excluding carboxylic acids is 1. The molecule has 2 aromatic carbocycles. The molecule has 31 heavy (non-hydrogen) atoms. The van der Waals surface area contributed by atoms with Gasteiger partial charge in [-0.3, -0.25) is 9.69 Å². The first-order chi connectivity index (χ1) is 14.6. The molecule has 4 nitrogen and oxygen atoms in total. The van der Waals surface area contributed by atoms with Crippen molar-refractivity contribution in [3.05, 3.63) is 69.7 Å². The van der Waals surface area contributed by atoms with E-state index in [1.165, 1.54) is 0 Å². The van der Waals surface area contributed by atoms with Gasteiger partial charge in [-0.1, -0.05) is 61.3 Å². The van der Waals surface area contributed by atoms with Crippen LogP contribution in [0.15, 0.2) is 48.5 Å². The third-order valence-electron chi connectivity index (χ3n) is 6.54. The molecule has 0 aliphatic carbocycles. The summed E-state index contributed by atoms with van der Waals surface area (Å²) in [5.41, 5.74) is 0.853. The summed E-state index contributed by atoms with van der Waals surface area (Å²) >= 11 is 12.2. The quantitative estimate of drug-likeness (QED) is 0.614. The molecule has 6 heteroatoms. The highest BCUT2D eigenvalue weighted by Crippen LogP contribution is 2.36. The lowest BCUT2D eigenvalue weighted by atomic mass is 9.75. The average Bonchev–Trinajstić information content (AvgIpc) is 3.17. The highest BCUT2D eigenvalue weighted by molar-refractivity contribution is 6.30. The topological polar surface area (TPSA) is 43.8 Å². The molecule has 0 bridgehead atoms. The maximum absolute atomic E-state index is 14.0. The van der Waals surface area contributed by atoms with Crippen LogP contribution in [0.3, 0.4) is 0 Å². The number of hydrogen-bond donors (Lipinski definition) is 1. The normalized spacial score (nSPS) is 18.4. The molecule has 0 saturated carbocycles. The maximum atomic E-state index is 14.0. The van der Waals surface area contributed by atoms with Crippen molar-refractivity contribution in [1.29, 1.82) is 0 Å². The summed E-state index contributed by atoms with van der Waals surface area (Å²) in [5, 5.41) is 11.7. The van der Waals surface area contributed by atoms with Crippen molar-refractivity contribution in [1.82, 2.24) is 9.80 Å². The van der Waals surface area contributed by atoms with Crippen molar-refractivity contribution in [2.24, 2.45) is 5.92 Å². The molecular weight excluding hydrogens is 431 g/mol. The number of hydrogen-bond acceptors (Lipinski definition) is 3. The summed E-state index contributed by atoms with van der Waals surface area (Å²) in [6.07, 6.45) is 1.33. The second-order valence-electron chi connectivity index (χ2n) is 9.00. The van der Waals surface area contributed by atoms with E-state index in [1.54, 1.807) is 4.90 Å². The summed E-state index contributed by atoms with van der Waals surface area (Å²) in [4.78, 5) is 17.9. The molecule has 3 rings (SSSR count). The Morgan fingerprint density at radius 2 is 1.58 bits per heavy atom. The van der Waals surface area contributed by atoms with E-state index >= 15 is 0 Å². The lowest BCUT2D eigenvalue weighted by Crippen LogP contribution is -2.52. The highest BCUT2D eigenvalue weighted by Gasteiger charge is 2.41. The Labute approximate surface area is 195 Å². The van der Waals surface area contributed by atoms with E-state index in [-0.39, 0.29) is 11.9 Å². The molecule has 1 heterocycles. The summed E-state index contributed by atoms with van der Waals surface area (Å²) in [6, 6.07) is 15.0. The Kier molecular flexibility index (Phi) is 7.69.